The summed E-state index contributed by atoms with van der Waals surface area (Å²) in [7, 11) is 0. The average Bonchev–Trinajstić information content (AvgIpc) is 2.91. The average molecular weight is 406 g/mol. The molecular weight excluding hydrogens is 393 g/mol. The second kappa shape index (κ2) is 8.32. The van der Waals surface area contributed by atoms with Gasteiger partial charge in [0.2, 0.25) is 0 Å². The van der Waals surface area contributed by atoms with E-state index in [0.29, 0.717) is 5.56 Å². The first-order chi connectivity index (χ1) is 13.0. The Hall–Kier alpha value is -2.71. The van der Waals surface area contributed by atoms with Crippen molar-refractivity contribution in [2.75, 3.05) is 13.1 Å². The van der Waals surface area contributed by atoms with Crippen molar-refractivity contribution in [3.05, 3.63) is 69.6 Å². The molecule has 0 spiro atoms. The number of amides is 3. The molecule has 27 heavy (non-hydrogen) atoms. The molecule has 1 aliphatic rings. The summed E-state index contributed by atoms with van der Waals surface area (Å²) in [5.74, 6) is -1.39. The van der Waals surface area contributed by atoms with Crippen molar-refractivity contribution in [3.8, 4) is 0 Å². The first kappa shape index (κ1) is 19.1. The van der Waals surface area contributed by atoms with Crippen molar-refractivity contribution >= 4 is 46.5 Å². The van der Waals surface area contributed by atoms with Crippen LogP contribution in [0.25, 0.3) is 6.08 Å². The Kier molecular flexibility index (Phi) is 5.88. The van der Waals surface area contributed by atoms with Crippen LogP contribution < -0.4 is 5.32 Å². The quantitative estimate of drug-likeness (QED) is 0.609. The monoisotopic (exact) mass is 405 g/mol. The molecule has 2 aromatic rings. The zero-order chi connectivity index (χ0) is 19.4. The van der Waals surface area contributed by atoms with E-state index < -0.39 is 22.9 Å². The van der Waals surface area contributed by atoms with Gasteiger partial charge in [0.15, 0.2) is 0 Å². The molecule has 0 atom stereocenters. The van der Waals surface area contributed by atoms with Gasteiger partial charge in [0.25, 0.3) is 17.1 Å². The van der Waals surface area contributed by atoms with Crippen LogP contribution in [0.2, 0.25) is 5.15 Å². The second-order valence-corrected chi connectivity index (χ2v) is 6.86. The summed E-state index contributed by atoms with van der Waals surface area (Å²) in [6, 6.07) is 8.88. The van der Waals surface area contributed by atoms with Gasteiger partial charge in [-0.2, -0.15) is 0 Å². The number of rotatable bonds is 5. The van der Waals surface area contributed by atoms with E-state index in [2.05, 4.69) is 10.3 Å². The van der Waals surface area contributed by atoms with E-state index in [1.54, 1.807) is 6.07 Å². The van der Waals surface area contributed by atoms with Gasteiger partial charge in [0, 0.05) is 30.4 Å². The lowest BCUT2D eigenvalue weighted by atomic mass is 10.2. The van der Waals surface area contributed by atoms with E-state index in [1.807, 2.05) is 0 Å². The number of carbonyl (C=O) groups excluding carboxylic acids is 3. The molecule has 1 aromatic carbocycles. The van der Waals surface area contributed by atoms with Gasteiger partial charge in [-0.25, -0.2) is 9.37 Å². The molecule has 1 aromatic heterocycles. The molecule has 138 valence electrons. The van der Waals surface area contributed by atoms with Crippen LogP contribution in [0, 0.1) is 5.82 Å². The summed E-state index contributed by atoms with van der Waals surface area (Å²) in [5, 5.41) is 2.33. The van der Waals surface area contributed by atoms with E-state index >= 15 is 0 Å². The molecule has 0 bridgehead atoms. The van der Waals surface area contributed by atoms with Gasteiger partial charge in [0.1, 0.15) is 11.0 Å². The topological polar surface area (TPSA) is 79.4 Å². The Morgan fingerprint density at radius 1 is 1.30 bits per heavy atom. The van der Waals surface area contributed by atoms with Crippen LogP contribution in [0.3, 0.4) is 0 Å². The predicted octanol–water partition coefficient (Wildman–Crippen LogP) is 3.34. The SMILES string of the molecule is O=C(NCCN1C(=O)S/C(=C\c2ccccc2F)C1=O)c1ccnc(Cl)c1. The standard InChI is InChI=1S/C18H13ClFN3O3S/c19-15-10-12(5-6-21-15)16(24)22-7-8-23-17(25)14(27-18(23)26)9-11-3-1-2-4-13(11)20/h1-6,9-10H,7-8H2,(H,22,24)/b14-9-. The Bertz CT molecular complexity index is 951. The Morgan fingerprint density at radius 3 is 2.81 bits per heavy atom. The van der Waals surface area contributed by atoms with Crippen molar-refractivity contribution in [1.82, 2.24) is 15.2 Å². The largest absolute Gasteiger partial charge is 0.350 e. The van der Waals surface area contributed by atoms with Crippen molar-refractivity contribution in [2.45, 2.75) is 0 Å². The molecule has 0 saturated carbocycles. The molecule has 0 aliphatic carbocycles. The maximum Gasteiger partial charge on any atom is 0.293 e. The maximum absolute atomic E-state index is 13.7. The lowest BCUT2D eigenvalue weighted by molar-refractivity contribution is -0.122. The molecule has 2 heterocycles. The summed E-state index contributed by atoms with van der Waals surface area (Å²) in [6.07, 6.45) is 2.75. The fourth-order valence-corrected chi connectivity index (χ4v) is 3.38. The van der Waals surface area contributed by atoms with Crippen molar-refractivity contribution in [3.63, 3.8) is 0 Å². The van der Waals surface area contributed by atoms with Gasteiger partial charge in [0.05, 0.1) is 4.91 Å². The molecule has 9 heteroatoms. The third-order valence-electron chi connectivity index (χ3n) is 3.68. The van der Waals surface area contributed by atoms with Crippen LogP contribution in [0.4, 0.5) is 9.18 Å². The molecule has 1 saturated heterocycles. The lowest BCUT2D eigenvalue weighted by Gasteiger charge is -2.13. The molecule has 1 fully saturated rings. The normalized spacial score (nSPS) is 15.5. The first-order valence-corrected chi connectivity index (χ1v) is 9.05. The number of imide groups is 1. The number of halogens is 2. The molecule has 6 nitrogen and oxygen atoms in total. The van der Waals surface area contributed by atoms with Crippen LogP contribution in [-0.2, 0) is 4.79 Å². The Morgan fingerprint density at radius 2 is 2.07 bits per heavy atom. The van der Waals surface area contributed by atoms with Crippen LogP contribution in [0.5, 0.6) is 0 Å². The van der Waals surface area contributed by atoms with Gasteiger partial charge in [-0.05, 0) is 36.0 Å². The highest BCUT2D eigenvalue weighted by molar-refractivity contribution is 8.18. The highest BCUT2D eigenvalue weighted by Crippen LogP contribution is 2.32. The number of pyridine rings is 1. The predicted molar refractivity (Wildman–Crippen MR) is 101 cm³/mol. The minimum absolute atomic E-state index is 0.00380. The number of carbonyl (C=O) groups is 3. The number of nitrogens with one attached hydrogen (secondary N) is 1. The molecule has 1 aliphatic heterocycles. The number of nitrogens with zero attached hydrogens (tertiary/aromatic N) is 2. The van der Waals surface area contributed by atoms with Crippen molar-refractivity contribution < 1.29 is 18.8 Å². The van der Waals surface area contributed by atoms with Gasteiger partial charge >= 0.3 is 0 Å². The van der Waals surface area contributed by atoms with E-state index in [9.17, 15) is 18.8 Å². The van der Waals surface area contributed by atoms with E-state index in [-0.39, 0.29) is 28.7 Å². The van der Waals surface area contributed by atoms with E-state index in [0.717, 1.165) is 16.7 Å². The summed E-state index contributed by atoms with van der Waals surface area (Å²) >= 11 is 6.47. The summed E-state index contributed by atoms with van der Waals surface area (Å²) in [5.41, 5.74) is 0.550. The molecule has 0 radical (unpaired) electrons. The third-order valence-corrected chi connectivity index (χ3v) is 4.79. The fraction of sp³-hybridized carbons (Fsp3) is 0.111. The number of hydrogen-bond donors (Lipinski definition) is 1. The maximum atomic E-state index is 13.7. The van der Waals surface area contributed by atoms with E-state index in [4.69, 9.17) is 11.6 Å². The van der Waals surface area contributed by atoms with Crippen LogP contribution >= 0.6 is 23.4 Å². The third kappa shape index (κ3) is 4.53. The van der Waals surface area contributed by atoms with Gasteiger partial charge in [-0.15, -0.1) is 0 Å². The fourth-order valence-electron chi connectivity index (χ4n) is 2.35. The van der Waals surface area contributed by atoms with Crippen LogP contribution in [0.15, 0.2) is 47.5 Å². The molecule has 3 amide bonds. The molecule has 1 N–H and O–H groups in total. The zero-order valence-corrected chi connectivity index (χ0v) is 15.4. The summed E-state index contributed by atoms with van der Waals surface area (Å²) in [4.78, 5) is 41.4. The molecule has 0 unspecified atom stereocenters. The number of thioether (sulfide) groups is 1. The van der Waals surface area contributed by atoms with Crippen LogP contribution in [0.1, 0.15) is 15.9 Å². The van der Waals surface area contributed by atoms with Gasteiger partial charge < -0.3 is 5.32 Å². The van der Waals surface area contributed by atoms with Crippen molar-refractivity contribution in [2.24, 2.45) is 0 Å². The van der Waals surface area contributed by atoms with E-state index in [1.165, 1.54) is 42.6 Å². The molecular formula is C18H13ClFN3O3S. The Balaban J connectivity index is 1.61. The minimum Gasteiger partial charge on any atom is -0.350 e. The van der Waals surface area contributed by atoms with Gasteiger partial charge in [-0.3, -0.25) is 19.3 Å². The number of hydrogen-bond acceptors (Lipinski definition) is 5. The van der Waals surface area contributed by atoms with Gasteiger partial charge in [-0.1, -0.05) is 29.8 Å². The zero-order valence-electron chi connectivity index (χ0n) is 13.8. The smallest absolute Gasteiger partial charge is 0.293 e. The Labute approximate surface area is 163 Å². The number of benzene rings is 1. The van der Waals surface area contributed by atoms with Crippen molar-refractivity contribution in [1.29, 1.82) is 0 Å². The summed E-state index contributed by atoms with van der Waals surface area (Å²) < 4.78 is 13.7. The van der Waals surface area contributed by atoms with Crippen LogP contribution in [-0.4, -0.2) is 40.0 Å². The first-order valence-electron chi connectivity index (χ1n) is 7.85. The summed E-state index contributed by atoms with van der Waals surface area (Å²) in [6.45, 7) is 0.0770. The second-order valence-electron chi connectivity index (χ2n) is 5.48. The number of aromatic nitrogens is 1. The highest BCUT2D eigenvalue weighted by Gasteiger charge is 2.34. The lowest BCUT2D eigenvalue weighted by Crippen LogP contribution is -2.37. The molecule has 3 rings (SSSR count). The minimum atomic E-state index is -0.519. The highest BCUT2D eigenvalue weighted by atomic mass is 35.5.